The van der Waals surface area contributed by atoms with Crippen LogP contribution in [-0.4, -0.2) is 32.0 Å². The number of nitrogens with one attached hydrogen (secondary N) is 1. The zero-order valence-corrected chi connectivity index (χ0v) is 14.9. The predicted octanol–water partition coefficient (Wildman–Crippen LogP) is 3.03. The molecule has 0 saturated heterocycles. The molecule has 2 aromatic carbocycles. The Labute approximate surface area is 143 Å². The molecule has 1 amide bonds. The Kier molecular flexibility index (Phi) is 5.62. The van der Waals surface area contributed by atoms with Gasteiger partial charge in [-0.3, -0.25) is 9.52 Å². The van der Waals surface area contributed by atoms with Crippen molar-refractivity contribution in [2.75, 3.05) is 17.5 Å². The predicted molar refractivity (Wildman–Crippen MR) is 96.5 cm³/mol. The van der Waals surface area contributed by atoms with Gasteiger partial charge < -0.3 is 4.90 Å². The molecule has 0 aliphatic heterocycles. The highest BCUT2D eigenvalue weighted by atomic mass is 32.2. The fourth-order valence-corrected chi connectivity index (χ4v) is 2.99. The summed E-state index contributed by atoms with van der Waals surface area (Å²) in [6, 6.07) is 14.5. The summed E-state index contributed by atoms with van der Waals surface area (Å²) in [5.41, 5.74) is 3.07. The van der Waals surface area contributed by atoms with Gasteiger partial charge in [-0.15, -0.1) is 0 Å². The minimum absolute atomic E-state index is 0.127. The standard InChI is InChI=1S/C18H22N2O3S/c1-4-20(13-16-9-6-5-8-14(16)2)18(21)15-10-7-11-17(12-15)19-24(3,22)23/h5-12,19H,4,13H2,1-3H3. The summed E-state index contributed by atoms with van der Waals surface area (Å²) in [7, 11) is -3.37. The van der Waals surface area contributed by atoms with Gasteiger partial charge in [-0.05, 0) is 43.2 Å². The van der Waals surface area contributed by atoms with Crippen molar-refractivity contribution < 1.29 is 13.2 Å². The smallest absolute Gasteiger partial charge is 0.254 e. The molecule has 0 aromatic heterocycles. The molecule has 1 N–H and O–H groups in total. The molecule has 6 heteroatoms. The molecule has 0 saturated carbocycles. The molecule has 0 spiro atoms. The molecular formula is C18H22N2O3S. The number of benzene rings is 2. The van der Waals surface area contributed by atoms with Crippen molar-refractivity contribution in [1.29, 1.82) is 0 Å². The zero-order valence-electron chi connectivity index (χ0n) is 14.1. The second-order valence-corrected chi connectivity index (χ2v) is 7.45. The van der Waals surface area contributed by atoms with E-state index in [1.54, 1.807) is 29.2 Å². The second kappa shape index (κ2) is 7.49. The van der Waals surface area contributed by atoms with Crippen LogP contribution < -0.4 is 4.72 Å². The molecular weight excluding hydrogens is 324 g/mol. The van der Waals surface area contributed by atoms with E-state index in [4.69, 9.17) is 0 Å². The number of rotatable bonds is 6. The molecule has 0 aliphatic rings. The van der Waals surface area contributed by atoms with E-state index in [0.717, 1.165) is 17.4 Å². The number of carbonyl (C=O) groups excluding carboxylic acids is 1. The number of sulfonamides is 1. The van der Waals surface area contributed by atoms with Gasteiger partial charge in [0.2, 0.25) is 10.0 Å². The highest BCUT2D eigenvalue weighted by Crippen LogP contribution is 2.16. The van der Waals surface area contributed by atoms with Crippen LogP contribution in [0.5, 0.6) is 0 Å². The summed E-state index contributed by atoms with van der Waals surface area (Å²) in [6.45, 7) is 5.03. The average Bonchev–Trinajstić information content (AvgIpc) is 2.52. The van der Waals surface area contributed by atoms with Gasteiger partial charge in [0, 0.05) is 24.3 Å². The Morgan fingerprint density at radius 1 is 1.12 bits per heavy atom. The summed E-state index contributed by atoms with van der Waals surface area (Å²) < 4.78 is 25.1. The van der Waals surface area contributed by atoms with Crippen molar-refractivity contribution >= 4 is 21.6 Å². The van der Waals surface area contributed by atoms with Gasteiger partial charge in [-0.1, -0.05) is 30.3 Å². The third kappa shape index (κ3) is 4.83. The molecule has 128 valence electrons. The van der Waals surface area contributed by atoms with E-state index in [1.807, 2.05) is 38.1 Å². The lowest BCUT2D eigenvalue weighted by Gasteiger charge is -2.22. The Balaban J connectivity index is 2.22. The van der Waals surface area contributed by atoms with Gasteiger partial charge >= 0.3 is 0 Å². The molecule has 2 aromatic rings. The molecule has 0 heterocycles. The number of nitrogens with zero attached hydrogens (tertiary/aromatic N) is 1. The highest BCUT2D eigenvalue weighted by molar-refractivity contribution is 7.92. The molecule has 0 atom stereocenters. The maximum absolute atomic E-state index is 12.8. The Morgan fingerprint density at radius 2 is 1.83 bits per heavy atom. The van der Waals surface area contributed by atoms with Crippen molar-refractivity contribution in [1.82, 2.24) is 4.90 Å². The average molecular weight is 346 g/mol. The fourth-order valence-electron chi connectivity index (χ4n) is 2.43. The van der Waals surface area contributed by atoms with E-state index in [0.29, 0.717) is 24.3 Å². The third-order valence-corrected chi connectivity index (χ3v) is 4.31. The molecule has 0 fully saturated rings. The van der Waals surface area contributed by atoms with E-state index in [2.05, 4.69) is 4.72 Å². The first-order valence-electron chi connectivity index (χ1n) is 7.72. The van der Waals surface area contributed by atoms with Gasteiger partial charge in [0.1, 0.15) is 0 Å². The van der Waals surface area contributed by atoms with Crippen LogP contribution in [0.2, 0.25) is 0 Å². The maximum Gasteiger partial charge on any atom is 0.254 e. The van der Waals surface area contributed by atoms with Crippen LogP contribution >= 0.6 is 0 Å². The van der Waals surface area contributed by atoms with Gasteiger partial charge in [0.15, 0.2) is 0 Å². The van der Waals surface area contributed by atoms with Gasteiger partial charge in [0.25, 0.3) is 5.91 Å². The van der Waals surface area contributed by atoms with Crippen molar-refractivity contribution in [2.45, 2.75) is 20.4 Å². The number of hydrogen-bond acceptors (Lipinski definition) is 3. The van der Waals surface area contributed by atoms with E-state index >= 15 is 0 Å². The van der Waals surface area contributed by atoms with Crippen LogP contribution in [0.3, 0.4) is 0 Å². The third-order valence-electron chi connectivity index (χ3n) is 3.70. The topological polar surface area (TPSA) is 66.5 Å². The van der Waals surface area contributed by atoms with Crippen LogP contribution in [0.4, 0.5) is 5.69 Å². The molecule has 0 unspecified atom stereocenters. The van der Waals surface area contributed by atoms with Crippen molar-refractivity contribution in [2.24, 2.45) is 0 Å². The molecule has 5 nitrogen and oxygen atoms in total. The number of amides is 1. The second-order valence-electron chi connectivity index (χ2n) is 5.70. The van der Waals surface area contributed by atoms with Gasteiger partial charge in [0.05, 0.1) is 6.26 Å². The maximum atomic E-state index is 12.8. The summed E-state index contributed by atoms with van der Waals surface area (Å²) in [4.78, 5) is 14.5. The van der Waals surface area contributed by atoms with E-state index in [1.165, 1.54) is 0 Å². The van der Waals surface area contributed by atoms with E-state index < -0.39 is 10.0 Å². The quantitative estimate of drug-likeness (QED) is 0.874. The van der Waals surface area contributed by atoms with Crippen LogP contribution in [0.25, 0.3) is 0 Å². The lowest BCUT2D eigenvalue weighted by atomic mass is 10.1. The van der Waals surface area contributed by atoms with Crippen LogP contribution in [-0.2, 0) is 16.6 Å². The summed E-state index contributed by atoms with van der Waals surface area (Å²) in [6.07, 6.45) is 1.08. The van der Waals surface area contributed by atoms with Crippen molar-refractivity contribution in [3.63, 3.8) is 0 Å². The Hall–Kier alpha value is -2.34. The van der Waals surface area contributed by atoms with Gasteiger partial charge in [-0.25, -0.2) is 8.42 Å². The molecule has 24 heavy (non-hydrogen) atoms. The lowest BCUT2D eigenvalue weighted by Crippen LogP contribution is -2.30. The molecule has 2 rings (SSSR count). The van der Waals surface area contributed by atoms with Crippen LogP contribution in [0.15, 0.2) is 48.5 Å². The zero-order chi connectivity index (χ0) is 17.7. The van der Waals surface area contributed by atoms with Crippen molar-refractivity contribution in [3.8, 4) is 0 Å². The molecule has 0 aliphatic carbocycles. The largest absolute Gasteiger partial charge is 0.335 e. The number of anilines is 1. The Morgan fingerprint density at radius 3 is 2.46 bits per heavy atom. The number of carbonyl (C=O) groups is 1. The minimum atomic E-state index is -3.37. The SMILES string of the molecule is CCN(Cc1ccccc1C)C(=O)c1cccc(NS(C)(=O)=O)c1. The van der Waals surface area contributed by atoms with E-state index in [-0.39, 0.29) is 5.91 Å². The van der Waals surface area contributed by atoms with Crippen LogP contribution in [0, 0.1) is 6.92 Å². The fraction of sp³-hybridized carbons (Fsp3) is 0.278. The molecule has 0 radical (unpaired) electrons. The summed E-state index contributed by atoms with van der Waals surface area (Å²) in [5, 5.41) is 0. The molecule has 0 bridgehead atoms. The first-order valence-corrected chi connectivity index (χ1v) is 9.61. The minimum Gasteiger partial charge on any atom is -0.335 e. The first kappa shape index (κ1) is 18.0. The van der Waals surface area contributed by atoms with Crippen LogP contribution in [0.1, 0.15) is 28.4 Å². The van der Waals surface area contributed by atoms with Gasteiger partial charge in [-0.2, -0.15) is 0 Å². The first-order chi connectivity index (χ1) is 11.3. The lowest BCUT2D eigenvalue weighted by molar-refractivity contribution is 0.0752. The highest BCUT2D eigenvalue weighted by Gasteiger charge is 2.16. The normalized spacial score (nSPS) is 11.1. The number of aryl methyl sites for hydroxylation is 1. The van der Waals surface area contributed by atoms with Crippen molar-refractivity contribution in [3.05, 3.63) is 65.2 Å². The Bertz CT molecular complexity index is 832. The summed E-state index contributed by atoms with van der Waals surface area (Å²) >= 11 is 0. The van der Waals surface area contributed by atoms with E-state index in [9.17, 15) is 13.2 Å². The summed E-state index contributed by atoms with van der Waals surface area (Å²) in [5.74, 6) is -0.127. The number of hydrogen-bond donors (Lipinski definition) is 1. The monoisotopic (exact) mass is 346 g/mol.